The maximum atomic E-state index is 9.74. The second-order valence-corrected chi connectivity index (χ2v) is 6.76. The number of nitriles is 1. The third kappa shape index (κ3) is 3.87. The molecule has 2 aromatic carbocycles. The molecule has 0 unspecified atom stereocenters. The number of nitrogens with zero attached hydrogens (tertiary/aromatic N) is 2. The van der Waals surface area contributed by atoms with Crippen LogP contribution < -0.4 is 19.9 Å². The zero-order chi connectivity index (χ0) is 21.7. The Morgan fingerprint density at radius 1 is 0.933 bits per heavy atom. The maximum Gasteiger partial charge on any atom is 0.203 e. The van der Waals surface area contributed by atoms with Crippen LogP contribution >= 0.6 is 0 Å². The van der Waals surface area contributed by atoms with Crippen LogP contribution in [0, 0.1) is 11.3 Å². The van der Waals surface area contributed by atoms with Crippen molar-refractivity contribution in [3.63, 3.8) is 0 Å². The lowest BCUT2D eigenvalue weighted by molar-refractivity contribution is 0.325. The van der Waals surface area contributed by atoms with Gasteiger partial charge >= 0.3 is 0 Å². The van der Waals surface area contributed by atoms with Crippen molar-refractivity contribution in [2.24, 2.45) is 0 Å². The van der Waals surface area contributed by atoms with Gasteiger partial charge in [0.25, 0.3) is 0 Å². The second kappa shape index (κ2) is 9.19. The van der Waals surface area contributed by atoms with Gasteiger partial charge in [-0.1, -0.05) is 37.6 Å². The van der Waals surface area contributed by atoms with Crippen LogP contribution in [0.3, 0.4) is 0 Å². The minimum absolute atomic E-state index is 0.166. The van der Waals surface area contributed by atoms with Gasteiger partial charge in [0.15, 0.2) is 11.5 Å². The average Bonchev–Trinajstić information content (AvgIpc) is 2.78. The summed E-state index contributed by atoms with van der Waals surface area (Å²) in [7, 11) is 4.65. The van der Waals surface area contributed by atoms with Gasteiger partial charge in [-0.25, -0.2) is 4.98 Å². The van der Waals surface area contributed by atoms with Crippen molar-refractivity contribution < 1.29 is 14.2 Å². The van der Waals surface area contributed by atoms with E-state index in [4.69, 9.17) is 19.9 Å². The third-order valence-corrected chi connectivity index (χ3v) is 4.94. The van der Waals surface area contributed by atoms with Crippen LogP contribution in [-0.2, 0) is 6.42 Å². The van der Waals surface area contributed by atoms with E-state index in [0.717, 1.165) is 18.4 Å². The first kappa shape index (κ1) is 21.0. The number of anilines is 1. The zero-order valence-electron chi connectivity index (χ0n) is 17.7. The fraction of sp³-hybridized carbons (Fsp3) is 0.250. The number of ether oxygens (including phenoxy) is 3. The van der Waals surface area contributed by atoms with E-state index < -0.39 is 0 Å². The molecule has 0 aliphatic heterocycles. The summed E-state index contributed by atoms with van der Waals surface area (Å²) in [5, 5.41) is 9.74. The van der Waals surface area contributed by atoms with Crippen LogP contribution in [0.2, 0.25) is 0 Å². The molecule has 30 heavy (non-hydrogen) atoms. The first-order valence-electron chi connectivity index (χ1n) is 9.67. The fourth-order valence-corrected chi connectivity index (χ4v) is 3.49. The van der Waals surface area contributed by atoms with Gasteiger partial charge in [0.05, 0.1) is 27.0 Å². The van der Waals surface area contributed by atoms with Crippen molar-refractivity contribution in [1.82, 2.24) is 4.98 Å². The van der Waals surface area contributed by atoms with Gasteiger partial charge in [0.2, 0.25) is 5.75 Å². The van der Waals surface area contributed by atoms with Gasteiger partial charge in [-0.15, -0.1) is 0 Å². The molecule has 154 valence electrons. The van der Waals surface area contributed by atoms with Crippen molar-refractivity contribution in [1.29, 1.82) is 5.26 Å². The molecule has 1 heterocycles. The van der Waals surface area contributed by atoms with Crippen LogP contribution in [-0.4, -0.2) is 26.3 Å². The van der Waals surface area contributed by atoms with Crippen molar-refractivity contribution in [2.45, 2.75) is 19.8 Å². The highest BCUT2D eigenvalue weighted by molar-refractivity contribution is 5.85. The molecule has 0 spiro atoms. The first-order chi connectivity index (χ1) is 14.6. The molecule has 6 nitrogen and oxygen atoms in total. The number of aromatic nitrogens is 1. The molecular weight excluding hydrogens is 378 g/mol. The molecule has 0 atom stereocenters. The number of aryl methyl sites for hydroxylation is 1. The van der Waals surface area contributed by atoms with Crippen molar-refractivity contribution in [3.8, 4) is 45.7 Å². The Balaban J connectivity index is 2.22. The summed E-state index contributed by atoms with van der Waals surface area (Å²) in [6, 6.07) is 15.8. The van der Waals surface area contributed by atoms with Gasteiger partial charge < -0.3 is 19.9 Å². The fourth-order valence-electron chi connectivity index (χ4n) is 3.49. The van der Waals surface area contributed by atoms with E-state index in [1.54, 1.807) is 27.4 Å². The molecule has 0 saturated heterocycles. The highest BCUT2D eigenvalue weighted by Gasteiger charge is 2.21. The highest BCUT2D eigenvalue weighted by Crippen LogP contribution is 2.46. The Morgan fingerprint density at radius 3 is 2.20 bits per heavy atom. The quantitative estimate of drug-likeness (QED) is 0.607. The van der Waals surface area contributed by atoms with Crippen molar-refractivity contribution in [3.05, 3.63) is 53.6 Å². The second-order valence-electron chi connectivity index (χ2n) is 6.76. The number of nitrogens with two attached hydrogens (primary N) is 1. The minimum atomic E-state index is 0.166. The highest BCUT2D eigenvalue weighted by atomic mass is 16.5. The number of benzene rings is 2. The Morgan fingerprint density at radius 2 is 1.63 bits per heavy atom. The predicted octanol–water partition coefficient (Wildman–Crippen LogP) is 4.85. The number of nitrogen functional groups attached to an aromatic ring is 1. The zero-order valence-corrected chi connectivity index (χ0v) is 17.7. The predicted molar refractivity (Wildman–Crippen MR) is 118 cm³/mol. The molecule has 3 rings (SSSR count). The number of hydrogen-bond acceptors (Lipinski definition) is 6. The smallest absolute Gasteiger partial charge is 0.203 e. The SMILES string of the molecule is CCCc1ccc(-c2cc(-c3ccc(OC)c(OC)c3OC)c(C#N)c(N)n2)cc1. The van der Waals surface area contributed by atoms with E-state index in [-0.39, 0.29) is 11.4 Å². The Hall–Kier alpha value is -3.72. The summed E-state index contributed by atoms with van der Waals surface area (Å²) in [4.78, 5) is 4.47. The molecule has 0 aliphatic rings. The Labute approximate surface area is 176 Å². The number of pyridine rings is 1. The van der Waals surface area contributed by atoms with Crippen molar-refractivity contribution >= 4 is 5.82 Å². The summed E-state index contributed by atoms with van der Waals surface area (Å²) in [6.45, 7) is 2.15. The lowest BCUT2D eigenvalue weighted by atomic mass is 9.96. The van der Waals surface area contributed by atoms with Gasteiger partial charge in [0, 0.05) is 16.7 Å². The summed E-state index contributed by atoms with van der Waals surface area (Å²) >= 11 is 0. The molecule has 1 aromatic heterocycles. The average molecular weight is 403 g/mol. The monoisotopic (exact) mass is 403 g/mol. The van der Waals surface area contributed by atoms with Gasteiger partial charge in [-0.2, -0.15) is 5.26 Å². The Bertz CT molecular complexity index is 1090. The van der Waals surface area contributed by atoms with Crippen LogP contribution in [0.25, 0.3) is 22.4 Å². The normalized spacial score (nSPS) is 10.4. The minimum Gasteiger partial charge on any atom is -0.493 e. The van der Waals surface area contributed by atoms with E-state index in [1.165, 1.54) is 5.56 Å². The van der Waals surface area contributed by atoms with Crippen LogP contribution in [0.15, 0.2) is 42.5 Å². The lowest BCUT2D eigenvalue weighted by Gasteiger charge is -2.17. The lowest BCUT2D eigenvalue weighted by Crippen LogP contribution is -2.02. The number of methoxy groups -OCH3 is 3. The molecule has 0 saturated carbocycles. The molecule has 0 fully saturated rings. The molecule has 3 aromatic rings. The van der Waals surface area contributed by atoms with Gasteiger partial charge in [-0.3, -0.25) is 0 Å². The molecular formula is C24H25N3O3. The Kier molecular flexibility index (Phi) is 6.43. The van der Waals surface area contributed by atoms with E-state index in [1.807, 2.05) is 24.3 Å². The standard InChI is InChI=1S/C24H25N3O3/c1-5-6-15-7-9-16(10-8-15)20-13-18(19(14-25)24(26)27-20)17-11-12-21(28-2)23(30-4)22(17)29-3/h7-13H,5-6H2,1-4H3,(H2,26,27). The van der Waals surface area contributed by atoms with Gasteiger partial charge in [0.1, 0.15) is 17.5 Å². The van der Waals surface area contributed by atoms with Crippen molar-refractivity contribution in [2.75, 3.05) is 27.1 Å². The van der Waals surface area contributed by atoms with E-state index in [9.17, 15) is 5.26 Å². The number of rotatable bonds is 7. The van der Waals surface area contributed by atoms with Crippen LogP contribution in [0.1, 0.15) is 24.5 Å². The van der Waals surface area contributed by atoms with Crippen LogP contribution in [0.4, 0.5) is 5.82 Å². The third-order valence-electron chi connectivity index (χ3n) is 4.94. The molecule has 0 aliphatic carbocycles. The molecule has 0 radical (unpaired) electrons. The first-order valence-corrected chi connectivity index (χ1v) is 9.67. The van der Waals surface area contributed by atoms with E-state index >= 15 is 0 Å². The van der Waals surface area contributed by atoms with E-state index in [2.05, 4.69) is 30.1 Å². The molecule has 6 heteroatoms. The summed E-state index contributed by atoms with van der Waals surface area (Å²) in [5.74, 6) is 1.61. The molecule has 2 N–H and O–H groups in total. The maximum absolute atomic E-state index is 9.74. The van der Waals surface area contributed by atoms with E-state index in [0.29, 0.717) is 34.1 Å². The van der Waals surface area contributed by atoms with Gasteiger partial charge in [-0.05, 0) is 30.2 Å². The summed E-state index contributed by atoms with van der Waals surface area (Å²) < 4.78 is 16.5. The molecule has 0 amide bonds. The molecule has 0 bridgehead atoms. The van der Waals surface area contributed by atoms with Crippen LogP contribution in [0.5, 0.6) is 17.2 Å². The largest absolute Gasteiger partial charge is 0.493 e. The number of hydrogen-bond donors (Lipinski definition) is 1. The topological polar surface area (TPSA) is 90.4 Å². The summed E-state index contributed by atoms with van der Waals surface area (Å²) in [6.07, 6.45) is 2.11. The summed E-state index contributed by atoms with van der Waals surface area (Å²) in [5.41, 5.74) is 10.6.